The Morgan fingerprint density at radius 2 is 2.24 bits per heavy atom. The molecule has 6 nitrogen and oxygen atoms in total. The highest BCUT2D eigenvalue weighted by atomic mass is 16.1. The first-order valence-electron chi connectivity index (χ1n) is 7.46. The summed E-state index contributed by atoms with van der Waals surface area (Å²) >= 11 is 0. The van der Waals surface area contributed by atoms with Gasteiger partial charge in [-0.1, -0.05) is 13.0 Å². The number of hydrogen-bond donors (Lipinski definition) is 2. The molecule has 0 saturated carbocycles. The third kappa shape index (κ3) is 4.53. The zero-order valence-electron chi connectivity index (χ0n) is 12.5. The van der Waals surface area contributed by atoms with Gasteiger partial charge in [-0.3, -0.25) is 9.20 Å². The molecule has 0 saturated heterocycles. The Morgan fingerprint density at radius 3 is 3.05 bits per heavy atom. The largest absolute Gasteiger partial charge is 0.356 e. The second-order valence-corrected chi connectivity index (χ2v) is 5.37. The Morgan fingerprint density at radius 1 is 1.38 bits per heavy atom. The molecule has 0 aliphatic rings. The number of nitrogens with two attached hydrogens (primary N) is 1. The second kappa shape index (κ2) is 7.73. The fourth-order valence-corrected chi connectivity index (χ4v) is 2.27. The highest BCUT2D eigenvalue weighted by molar-refractivity contribution is 5.75. The first kappa shape index (κ1) is 15.4. The van der Waals surface area contributed by atoms with Crippen molar-refractivity contribution in [1.82, 2.24) is 19.9 Å². The second-order valence-electron chi connectivity index (χ2n) is 5.37. The maximum atomic E-state index is 11.8. The number of rotatable bonds is 8. The van der Waals surface area contributed by atoms with Crippen molar-refractivity contribution in [3.05, 3.63) is 30.2 Å². The van der Waals surface area contributed by atoms with E-state index in [4.69, 9.17) is 5.73 Å². The van der Waals surface area contributed by atoms with E-state index >= 15 is 0 Å². The molecular weight excluding hydrogens is 266 g/mol. The van der Waals surface area contributed by atoms with Gasteiger partial charge in [-0.05, 0) is 37.4 Å². The lowest BCUT2D eigenvalue weighted by atomic mass is 10.0. The number of amides is 1. The normalized spacial score (nSPS) is 12.5. The minimum absolute atomic E-state index is 0.0905. The number of hydrogen-bond acceptors (Lipinski definition) is 4. The average molecular weight is 289 g/mol. The molecule has 0 bridgehead atoms. The summed E-state index contributed by atoms with van der Waals surface area (Å²) in [6, 6.07) is 5.78. The van der Waals surface area contributed by atoms with Crippen molar-refractivity contribution in [3.8, 4) is 0 Å². The first-order valence-corrected chi connectivity index (χ1v) is 7.46. The van der Waals surface area contributed by atoms with Crippen LogP contribution in [0.2, 0.25) is 0 Å². The molecule has 1 atom stereocenters. The fraction of sp³-hybridized carbons (Fsp3) is 0.533. The van der Waals surface area contributed by atoms with Gasteiger partial charge in [-0.25, -0.2) is 0 Å². The van der Waals surface area contributed by atoms with Gasteiger partial charge in [0.1, 0.15) is 5.82 Å². The van der Waals surface area contributed by atoms with E-state index in [0.717, 1.165) is 24.3 Å². The van der Waals surface area contributed by atoms with E-state index < -0.39 is 0 Å². The van der Waals surface area contributed by atoms with Crippen molar-refractivity contribution in [1.29, 1.82) is 0 Å². The van der Waals surface area contributed by atoms with Crippen molar-refractivity contribution in [2.75, 3.05) is 13.1 Å². The molecular formula is C15H23N5O. The third-order valence-electron chi connectivity index (χ3n) is 3.58. The quantitative estimate of drug-likeness (QED) is 0.763. The lowest BCUT2D eigenvalue weighted by Crippen LogP contribution is -2.26. The molecule has 2 heterocycles. The molecule has 2 rings (SSSR count). The monoisotopic (exact) mass is 289 g/mol. The van der Waals surface area contributed by atoms with Crippen molar-refractivity contribution >= 4 is 11.6 Å². The van der Waals surface area contributed by atoms with Crippen molar-refractivity contribution in [3.63, 3.8) is 0 Å². The van der Waals surface area contributed by atoms with Crippen LogP contribution in [0.15, 0.2) is 24.4 Å². The molecule has 6 heteroatoms. The van der Waals surface area contributed by atoms with Crippen LogP contribution in [-0.2, 0) is 11.2 Å². The van der Waals surface area contributed by atoms with Gasteiger partial charge in [0.2, 0.25) is 5.91 Å². The van der Waals surface area contributed by atoms with Crippen LogP contribution in [0.4, 0.5) is 0 Å². The van der Waals surface area contributed by atoms with E-state index in [1.165, 1.54) is 0 Å². The van der Waals surface area contributed by atoms with Crippen molar-refractivity contribution in [2.24, 2.45) is 11.7 Å². The lowest BCUT2D eigenvalue weighted by molar-refractivity contribution is -0.121. The number of nitrogens with zero attached hydrogens (tertiary/aromatic N) is 3. The fourth-order valence-electron chi connectivity index (χ4n) is 2.27. The highest BCUT2D eigenvalue weighted by Crippen LogP contribution is 2.08. The Bertz CT molecular complexity index is 580. The van der Waals surface area contributed by atoms with Gasteiger partial charge >= 0.3 is 0 Å². The molecule has 0 aliphatic heterocycles. The molecule has 2 aromatic rings. The van der Waals surface area contributed by atoms with E-state index in [1.54, 1.807) is 0 Å². The predicted molar refractivity (Wildman–Crippen MR) is 81.8 cm³/mol. The molecule has 0 aromatic carbocycles. The molecule has 0 radical (unpaired) electrons. The minimum atomic E-state index is 0.0905. The molecule has 21 heavy (non-hydrogen) atoms. The molecule has 0 fully saturated rings. The Hall–Kier alpha value is -1.95. The third-order valence-corrected chi connectivity index (χ3v) is 3.58. The highest BCUT2D eigenvalue weighted by Gasteiger charge is 2.07. The Labute approximate surface area is 124 Å². The summed E-state index contributed by atoms with van der Waals surface area (Å²) in [5.41, 5.74) is 6.33. The molecule has 1 unspecified atom stereocenters. The number of pyridine rings is 1. The van der Waals surface area contributed by atoms with Crippen LogP contribution in [0.25, 0.3) is 5.65 Å². The van der Waals surface area contributed by atoms with Crippen molar-refractivity contribution < 1.29 is 4.79 Å². The van der Waals surface area contributed by atoms with Gasteiger partial charge in [0, 0.05) is 25.6 Å². The molecule has 1 amide bonds. The van der Waals surface area contributed by atoms with Gasteiger partial charge in [0.05, 0.1) is 0 Å². The van der Waals surface area contributed by atoms with Gasteiger partial charge in [-0.15, -0.1) is 10.2 Å². The zero-order valence-corrected chi connectivity index (χ0v) is 12.5. The number of fused-ring (bicyclic) bond motifs is 1. The Kier molecular flexibility index (Phi) is 5.68. The lowest BCUT2D eigenvalue weighted by Gasteiger charge is -2.09. The maximum absolute atomic E-state index is 11.8. The van der Waals surface area contributed by atoms with Crippen LogP contribution in [0.5, 0.6) is 0 Å². The van der Waals surface area contributed by atoms with Crippen LogP contribution in [0.1, 0.15) is 32.0 Å². The summed E-state index contributed by atoms with van der Waals surface area (Å²) in [7, 11) is 0. The van der Waals surface area contributed by atoms with Crippen molar-refractivity contribution in [2.45, 2.75) is 32.6 Å². The first-order chi connectivity index (χ1) is 10.2. The Balaban J connectivity index is 1.73. The van der Waals surface area contributed by atoms with E-state index in [0.29, 0.717) is 31.8 Å². The van der Waals surface area contributed by atoms with Crippen LogP contribution in [-0.4, -0.2) is 33.6 Å². The summed E-state index contributed by atoms with van der Waals surface area (Å²) in [5.74, 6) is 1.45. The van der Waals surface area contributed by atoms with Gasteiger partial charge in [0.15, 0.2) is 5.65 Å². The van der Waals surface area contributed by atoms with Gasteiger partial charge in [0.25, 0.3) is 0 Å². The topological polar surface area (TPSA) is 85.3 Å². The maximum Gasteiger partial charge on any atom is 0.220 e. The summed E-state index contributed by atoms with van der Waals surface area (Å²) < 4.78 is 1.94. The van der Waals surface area contributed by atoms with Crippen LogP contribution in [0, 0.1) is 5.92 Å². The number of carbonyl (C=O) groups is 1. The zero-order chi connectivity index (χ0) is 15.1. The standard InChI is InChI=1S/C15H23N5O/c1-12(7-9-16)5-6-15(21)17-10-8-14-19-18-13-4-2-3-11-20(13)14/h2-4,11-12H,5-10,16H2,1H3,(H,17,21). The average Bonchev–Trinajstić information content (AvgIpc) is 2.89. The van der Waals surface area contributed by atoms with Crippen LogP contribution >= 0.6 is 0 Å². The molecule has 2 aromatic heterocycles. The van der Waals surface area contributed by atoms with Gasteiger partial charge < -0.3 is 11.1 Å². The summed E-state index contributed by atoms with van der Waals surface area (Å²) in [6.45, 7) is 3.39. The SMILES string of the molecule is CC(CCN)CCC(=O)NCCc1nnc2ccccn12. The van der Waals surface area contributed by atoms with Gasteiger partial charge in [-0.2, -0.15) is 0 Å². The van der Waals surface area contributed by atoms with Crippen LogP contribution in [0.3, 0.4) is 0 Å². The summed E-state index contributed by atoms with van der Waals surface area (Å²) in [5, 5.41) is 11.2. The number of carbonyl (C=O) groups excluding carboxylic acids is 1. The summed E-state index contributed by atoms with van der Waals surface area (Å²) in [4.78, 5) is 11.8. The number of nitrogens with one attached hydrogen (secondary N) is 1. The van der Waals surface area contributed by atoms with Crippen LogP contribution < -0.4 is 11.1 Å². The predicted octanol–water partition coefficient (Wildman–Crippen LogP) is 1.15. The minimum Gasteiger partial charge on any atom is -0.356 e. The molecule has 114 valence electrons. The summed E-state index contributed by atoms with van der Waals surface area (Å²) in [6.07, 6.45) is 5.02. The van der Waals surface area contributed by atoms with E-state index in [-0.39, 0.29) is 5.91 Å². The smallest absolute Gasteiger partial charge is 0.220 e. The van der Waals surface area contributed by atoms with E-state index in [1.807, 2.05) is 28.8 Å². The van der Waals surface area contributed by atoms with E-state index in [9.17, 15) is 4.79 Å². The number of aromatic nitrogens is 3. The molecule has 0 aliphatic carbocycles. The van der Waals surface area contributed by atoms with E-state index in [2.05, 4.69) is 22.4 Å². The molecule has 3 N–H and O–H groups in total. The molecule has 0 spiro atoms.